The van der Waals surface area contributed by atoms with E-state index in [1.807, 2.05) is 81.4 Å². The first kappa shape index (κ1) is 31.8. The molecule has 0 aliphatic carbocycles. The summed E-state index contributed by atoms with van der Waals surface area (Å²) in [6.45, 7) is 13.6. The fourth-order valence-corrected chi connectivity index (χ4v) is 5.36. The molecule has 0 bridgehead atoms. The van der Waals surface area contributed by atoms with Crippen molar-refractivity contribution in [2.75, 3.05) is 44.7 Å². The Morgan fingerprint density at radius 1 is 1.05 bits per heavy atom. The monoisotopic (exact) mass is 591 g/mol. The van der Waals surface area contributed by atoms with Crippen molar-refractivity contribution in [3.05, 3.63) is 58.8 Å². The number of aryl methyl sites for hydroxylation is 3. The molecule has 43 heavy (non-hydrogen) atoms. The highest BCUT2D eigenvalue weighted by Crippen LogP contribution is 2.29. The summed E-state index contributed by atoms with van der Waals surface area (Å²) in [6, 6.07) is 12.2. The van der Waals surface area contributed by atoms with Gasteiger partial charge in [0.1, 0.15) is 5.60 Å². The molecule has 232 valence electrons. The second kappa shape index (κ2) is 13.0. The van der Waals surface area contributed by atoms with E-state index in [9.17, 15) is 14.4 Å². The van der Waals surface area contributed by atoms with E-state index in [4.69, 9.17) is 4.74 Å². The molecule has 1 aliphatic heterocycles. The average molecular weight is 592 g/mol. The van der Waals surface area contributed by atoms with Gasteiger partial charge >= 0.3 is 6.09 Å². The van der Waals surface area contributed by atoms with Crippen molar-refractivity contribution in [1.82, 2.24) is 30.0 Å². The van der Waals surface area contributed by atoms with Crippen molar-refractivity contribution in [3.63, 3.8) is 0 Å². The lowest BCUT2D eigenvalue weighted by molar-refractivity contribution is -0.145. The van der Waals surface area contributed by atoms with Crippen LogP contribution in [-0.4, -0.2) is 88.0 Å². The summed E-state index contributed by atoms with van der Waals surface area (Å²) >= 11 is 0. The third-order valence-corrected chi connectivity index (χ3v) is 7.70. The number of carbonyl (C=O) groups excluding carboxylic acids is 3. The van der Waals surface area contributed by atoms with Crippen LogP contribution < -0.4 is 10.2 Å². The van der Waals surface area contributed by atoms with Crippen LogP contribution in [0.5, 0.6) is 0 Å². The van der Waals surface area contributed by atoms with E-state index in [-0.39, 0.29) is 31.4 Å². The molecule has 0 atom stereocenters. The van der Waals surface area contributed by atoms with Gasteiger partial charge in [0.15, 0.2) is 0 Å². The lowest BCUT2D eigenvalue weighted by atomic mass is 10.1. The number of benzene rings is 2. The van der Waals surface area contributed by atoms with Gasteiger partial charge in [-0.3, -0.25) is 19.3 Å². The number of amides is 3. The Bertz CT molecular complexity index is 1470. The molecule has 0 saturated heterocycles. The van der Waals surface area contributed by atoms with Crippen LogP contribution in [0.2, 0.25) is 0 Å². The predicted molar refractivity (Wildman–Crippen MR) is 167 cm³/mol. The van der Waals surface area contributed by atoms with Crippen LogP contribution in [0, 0.1) is 13.8 Å². The molecule has 11 heteroatoms. The van der Waals surface area contributed by atoms with E-state index in [1.54, 1.807) is 17.0 Å². The van der Waals surface area contributed by atoms with Gasteiger partial charge in [-0.1, -0.05) is 24.3 Å². The molecule has 11 nitrogen and oxygen atoms in total. The van der Waals surface area contributed by atoms with Gasteiger partial charge in [0.25, 0.3) is 5.91 Å². The third-order valence-electron chi connectivity index (χ3n) is 7.70. The maximum absolute atomic E-state index is 13.7. The molecule has 3 aromatic rings. The zero-order valence-corrected chi connectivity index (χ0v) is 26.7. The Kier molecular flexibility index (Phi) is 9.64. The third kappa shape index (κ3) is 7.64. The molecule has 0 spiro atoms. The maximum Gasteiger partial charge on any atom is 0.410 e. The van der Waals surface area contributed by atoms with E-state index in [2.05, 4.69) is 28.6 Å². The van der Waals surface area contributed by atoms with Crippen LogP contribution in [0.25, 0.3) is 10.9 Å². The van der Waals surface area contributed by atoms with Gasteiger partial charge in [-0.25, -0.2) is 9.80 Å². The van der Waals surface area contributed by atoms with Crippen molar-refractivity contribution in [1.29, 1.82) is 0 Å². The van der Waals surface area contributed by atoms with Crippen molar-refractivity contribution < 1.29 is 19.1 Å². The van der Waals surface area contributed by atoms with Gasteiger partial charge in [0.05, 0.1) is 24.3 Å². The highest BCUT2D eigenvalue weighted by Gasteiger charge is 2.27. The predicted octanol–water partition coefficient (Wildman–Crippen LogP) is 3.76. The van der Waals surface area contributed by atoms with E-state index in [0.29, 0.717) is 26.2 Å². The minimum atomic E-state index is -0.600. The van der Waals surface area contributed by atoms with E-state index in [0.717, 1.165) is 27.8 Å². The van der Waals surface area contributed by atoms with Gasteiger partial charge in [-0.15, -0.1) is 0 Å². The van der Waals surface area contributed by atoms with Crippen LogP contribution >= 0.6 is 0 Å². The SMILES string of the molecule is CCN(CCNC(=O)CN(CC(=O)N(C)N1Cc2ccccc2C1)c1cc2c(cc1C)c(C)nn2C)C(=O)OC(C)(C)C. The maximum atomic E-state index is 13.7. The Balaban J connectivity index is 1.49. The van der Waals surface area contributed by atoms with Gasteiger partial charge in [0, 0.05) is 57.9 Å². The van der Waals surface area contributed by atoms with Crippen molar-refractivity contribution in [2.24, 2.45) is 7.05 Å². The van der Waals surface area contributed by atoms with Crippen LogP contribution in [0.15, 0.2) is 36.4 Å². The van der Waals surface area contributed by atoms with Gasteiger partial charge in [-0.2, -0.15) is 5.10 Å². The van der Waals surface area contributed by atoms with Gasteiger partial charge in [-0.05, 0) is 70.4 Å². The molecule has 3 amide bonds. The number of anilines is 1. The summed E-state index contributed by atoms with van der Waals surface area (Å²) in [6.07, 6.45) is -0.418. The second-order valence-corrected chi connectivity index (χ2v) is 12.1. The van der Waals surface area contributed by atoms with E-state index >= 15 is 0 Å². The molecule has 0 unspecified atom stereocenters. The molecule has 1 aromatic heterocycles. The number of aromatic nitrogens is 2. The number of rotatable bonds is 10. The normalized spacial score (nSPS) is 13.1. The van der Waals surface area contributed by atoms with Crippen molar-refractivity contribution in [3.8, 4) is 0 Å². The summed E-state index contributed by atoms with van der Waals surface area (Å²) in [4.78, 5) is 42.8. The summed E-state index contributed by atoms with van der Waals surface area (Å²) in [5, 5.41) is 12.2. The number of ether oxygens (including phenoxy) is 1. The first-order valence-electron chi connectivity index (χ1n) is 14.8. The molecular weight excluding hydrogens is 546 g/mol. The summed E-state index contributed by atoms with van der Waals surface area (Å²) in [7, 11) is 3.67. The quantitative estimate of drug-likeness (QED) is 0.383. The molecule has 1 N–H and O–H groups in total. The Hall–Kier alpha value is -4.12. The number of hydrazine groups is 1. The highest BCUT2D eigenvalue weighted by molar-refractivity contribution is 5.91. The molecule has 0 radical (unpaired) electrons. The Morgan fingerprint density at radius 3 is 2.30 bits per heavy atom. The second-order valence-electron chi connectivity index (χ2n) is 12.1. The fourth-order valence-electron chi connectivity index (χ4n) is 5.36. The molecule has 4 rings (SSSR count). The zero-order valence-electron chi connectivity index (χ0n) is 26.7. The lowest BCUT2D eigenvalue weighted by Crippen LogP contribution is -2.48. The van der Waals surface area contributed by atoms with Crippen molar-refractivity contribution >= 4 is 34.5 Å². The smallest absolute Gasteiger partial charge is 0.410 e. The molecule has 0 fully saturated rings. The topological polar surface area (TPSA) is 103 Å². The number of carbonyl (C=O) groups is 3. The van der Waals surface area contributed by atoms with Gasteiger partial charge in [0.2, 0.25) is 5.91 Å². The fraction of sp³-hybridized carbons (Fsp3) is 0.500. The number of hydrogen-bond acceptors (Lipinski definition) is 7. The molecule has 0 saturated carbocycles. The zero-order chi connectivity index (χ0) is 31.5. The molecule has 2 aromatic carbocycles. The first-order chi connectivity index (χ1) is 20.3. The average Bonchev–Trinajstić information content (AvgIpc) is 3.48. The standard InChI is InChI=1S/C32H45N7O4/c1-9-37(31(42)43-32(4,5)6)15-14-33-29(40)20-38(27-17-28-26(16-22(27)2)23(3)34-35(28)7)21-30(41)36(8)39-18-24-12-10-11-13-25(24)19-39/h10-13,16-17H,9,14-15,18-21H2,1-8H3,(H,33,40). The minimum Gasteiger partial charge on any atom is -0.444 e. The number of fused-ring (bicyclic) bond motifs is 2. The van der Waals surface area contributed by atoms with E-state index in [1.165, 1.54) is 11.1 Å². The van der Waals surface area contributed by atoms with E-state index < -0.39 is 11.7 Å². The number of hydrogen-bond donors (Lipinski definition) is 1. The first-order valence-corrected chi connectivity index (χ1v) is 14.8. The summed E-state index contributed by atoms with van der Waals surface area (Å²) in [5.74, 6) is -0.367. The molecular formula is C32H45N7O4. The minimum absolute atomic E-state index is 0.0128. The number of nitrogens with one attached hydrogen (secondary N) is 1. The molecule has 2 heterocycles. The van der Waals surface area contributed by atoms with Crippen LogP contribution in [-0.2, 0) is 34.5 Å². The summed E-state index contributed by atoms with van der Waals surface area (Å²) in [5.41, 5.74) is 5.40. The van der Waals surface area contributed by atoms with Gasteiger partial charge < -0.3 is 19.9 Å². The van der Waals surface area contributed by atoms with Crippen LogP contribution in [0.1, 0.15) is 50.1 Å². The van der Waals surface area contributed by atoms with Crippen LogP contribution in [0.4, 0.5) is 10.5 Å². The highest BCUT2D eigenvalue weighted by atomic mass is 16.6. The summed E-state index contributed by atoms with van der Waals surface area (Å²) < 4.78 is 7.29. The Morgan fingerprint density at radius 2 is 1.70 bits per heavy atom. The number of likely N-dealkylation sites (N-methyl/N-ethyl adjacent to an activating group) is 2. The van der Waals surface area contributed by atoms with Crippen LogP contribution in [0.3, 0.4) is 0 Å². The number of nitrogens with zero attached hydrogens (tertiary/aromatic N) is 6. The molecule has 1 aliphatic rings. The lowest BCUT2D eigenvalue weighted by Gasteiger charge is -2.32. The largest absolute Gasteiger partial charge is 0.444 e. The Labute approximate surface area is 254 Å². The van der Waals surface area contributed by atoms with Crippen molar-refractivity contribution in [2.45, 2.75) is 60.2 Å².